The average molecular weight is 477 g/mol. The molecule has 0 heterocycles. The quantitative estimate of drug-likeness (QED) is 0.193. The van der Waals surface area contributed by atoms with Crippen LogP contribution in [0.5, 0.6) is 5.75 Å². The third-order valence-electron chi connectivity index (χ3n) is 6.73. The van der Waals surface area contributed by atoms with Crippen molar-refractivity contribution in [2.75, 3.05) is 13.2 Å². The molecule has 3 nitrogen and oxygen atoms in total. The first-order valence-electron chi connectivity index (χ1n) is 13.1. The Morgan fingerprint density at radius 3 is 2.06 bits per heavy atom. The van der Waals surface area contributed by atoms with Gasteiger partial charge in [0, 0.05) is 0 Å². The molecule has 3 unspecified atom stereocenters. The van der Waals surface area contributed by atoms with Gasteiger partial charge in [0.15, 0.2) is 6.29 Å². The Hall–Kier alpha value is -2.36. The normalized spacial score (nSPS) is 14.7. The summed E-state index contributed by atoms with van der Waals surface area (Å²) in [7, 11) is 0. The van der Waals surface area contributed by atoms with Crippen molar-refractivity contribution in [2.24, 2.45) is 11.3 Å². The standard InChI is InChI=1S/C32H44O3/c1-23(2)15-20-31(32(5,6)7)27-16-18-28(19-17-27)35-25(4)34-22-21-33-24(3)29-14-10-12-26-11-8-9-13-30(26)29/h8-14,16-19,23-25,31H,15,20-22H2,1-7H3. The highest BCUT2D eigenvalue weighted by molar-refractivity contribution is 5.85. The summed E-state index contributed by atoms with van der Waals surface area (Å²) in [6.07, 6.45) is 2.11. The summed E-state index contributed by atoms with van der Waals surface area (Å²) in [5.41, 5.74) is 2.82. The van der Waals surface area contributed by atoms with Crippen LogP contribution in [0, 0.1) is 11.3 Å². The van der Waals surface area contributed by atoms with Gasteiger partial charge in [-0.2, -0.15) is 0 Å². The van der Waals surface area contributed by atoms with Crippen LogP contribution in [0.3, 0.4) is 0 Å². The summed E-state index contributed by atoms with van der Waals surface area (Å²) >= 11 is 0. The zero-order valence-corrected chi connectivity index (χ0v) is 22.7. The Morgan fingerprint density at radius 1 is 0.714 bits per heavy atom. The third kappa shape index (κ3) is 8.08. The van der Waals surface area contributed by atoms with E-state index < -0.39 is 0 Å². The van der Waals surface area contributed by atoms with E-state index in [0.29, 0.717) is 19.1 Å². The molecule has 0 saturated heterocycles. The summed E-state index contributed by atoms with van der Waals surface area (Å²) in [6.45, 7) is 16.6. The first-order valence-corrected chi connectivity index (χ1v) is 13.1. The van der Waals surface area contributed by atoms with E-state index in [9.17, 15) is 0 Å². The Labute approximate surface area is 212 Å². The fourth-order valence-corrected chi connectivity index (χ4v) is 4.74. The largest absolute Gasteiger partial charge is 0.465 e. The van der Waals surface area contributed by atoms with Gasteiger partial charge < -0.3 is 14.2 Å². The summed E-state index contributed by atoms with van der Waals surface area (Å²) in [5, 5.41) is 2.47. The molecule has 0 aromatic heterocycles. The zero-order valence-electron chi connectivity index (χ0n) is 22.7. The summed E-state index contributed by atoms with van der Waals surface area (Å²) in [6, 6.07) is 23.4. The minimum Gasteiger partial charge on any atom is -0.465 e. The van der Waals surface area contributed by atoms with E-state index in [1.165, 1.54) is 34.7 Å². The molecular formula is C32H44O3. The van der Waals surface area contributed by atoms with Gasteiger partial charge in [0.1, 0.15) is 5.75 Å². The average Bonchev–Trinajstić information content (AvgIpc) is 2.81. The Kier molecular flexibility index (Phi) is 9.77. The number of ether oxygens (including phenoxy) is 3. The molecule has 0 aliphatic rings. The molecule has 190 valence electrons. The molecule has 0 N–H and O–H groups in total. The first-order chi connectivity index (χ1) is 16.6. The predicted octanol–water partition coefficient (Wildman–Crippen LogP) is 8.92. The molecule has 0 fully saturated rings. The van der Waals surface area contributed by atoms with Crippen LogP contribution in [-0.2, 0) is 9.47 Å². The van der Waals surface area contributed by atoms with Gasteiger partial charge in [-0.15, -0.1) is 0 Å². The van der Waals surface area contributed by atoms with Crippen molar-refractivity contribution >= 4 is 10.8 Å². The van der Waals surface area contributed by atoms with Crippen molar-refractivity contribution in [3.8, 4) is 5.75 Å². The smallest absolute Gasteiger partial charge is 0.197 e. The van der Waals surface area contributed by atoms with Crippen LogP contribution in [-0.4, -0.2) is 19.5 Å². The van der Waals surface area contributed by atoms with Crippen LogP contribution in [0.4, 0.5) is 0 Å². The van der Waals surface area contributed by atoms with E-state index in [1.54, 1.807) is 0 Å². The van der Waals surface area contributed by atoms with Gasteiger partial charge in [0.05, 0.1) is 19.3 Å². The lowest BCUT2D eigenvalue weighted by atomic mass is 9.73. The number of rotatable bonds is 12. The second-order valence-electron chi connectivity index (χ2n) is 11.1. The molecule has 3 rings (SSSR count). The molecule has 3 heteroatoms. The predicted molar refractivity (Wildman–Crippen MR) is 147 cm³/mol. The maximum absolute atomic E-state index is 6.07. The van der Waals surface area contributed by atoms with E-state index in [1.807, 2.05) is 6.92 Å². The Morgan fingerprint density at radius 2 is 1.37 bits per heavy atom. The number of benzene rings is 3. The monoisotopic (exact) mass is 476 g/mol. The lowest BCUT2D eigenvalue weighted by Crippen LogP contribution is -2.20. The molecule has 3 aromatic rings. The van der Waals surface area contributed by atoms with Crippen molar-refractivity contribution in [3.05, 3.63) is 77.9 Å². The van der Waals surface area contributed by atoms with Gasteiger partial charge in [-0.05, 0) is 71.6 Å². The van der Waals surface area contributed by atoms with Crippen LogP contribution < -0.4 is 4.74 Å². The highest BCUT2D eigenvalue weighted by Crippen LogP contribution is 2.39. The zero-order chi connectivity index (χ0) is 25.4. The second-order valence-corrected chi connectivity index (χ2v) is 11.1. The fraction of sp³-hybridized carbons (Fsp3) is 0.500. The topological polar surface area (TPSA) is 27.7 Å². The van der Waals surface area contributed by atoms with Crippen LogP contribution >= 0.6 is 0 Å². The Bertz CT molecular complexity index is 1030. The minimum atomic E-state index is -0.336. The number of hydrogen-bond donors (Lipinski definition) is 0. The molecule has 3 aromatic carbocycles. The Balaban J connectivity index is 1.46. The van der Waals surface area contributed by atoms with Crippen molar-refractivity contribution in [2.45, 2.75) is 79.6 Å². The van der Waals surface area contributed by atoms with Crippen molar-refractivity contribution in [1.82, 2.24) is 0 Å². The highest BCUT2D eigenvalue weighted by atomic mass is 16.7. The number of hydrogen-bond acceptors (Lipinski definition) is 3. The van der Waals surface area contributed by atoms with Gasteiger partial charge >= 0.3 is 0 Å². The molecule has 0 bridgehead atoms. The van der Waals surface area contributed by atoms with Gasteiger partial charge in [0.2, 0.25) is 0 Å². The van der Waals surface area contributed by atoms with Gasteiger partial charge in [-0.25, -0.2) is 0 Å². The third-order valence-corrected chi connectivity index (χ3v) is 6.73. The molecule has 0 saturated carbocycles. The van der Waals surface area contributed by atoms with Crippen molar-refractivity contribution < 1.29 is 14.2 Å². The van der Waals surface area contributed by atoms with Crippen LogP contribution in [0.25, 0.3) is 10.8 Å². The van der Waals surface area contributed by atoms with E-state index >= 15 is 0 Å². The SMILES string of the molecule is CC(C)CCC(c1ccc(OC(C)OCCOC(C)c2cccc3ccccc23)cc1)C(C)(C)C. The summed E-state index contributed by atoms with van der Waals surface area (Å²) < 4.78 is 17.9. The van der Waals surface area contributed by atoms with E-state index in [0.717, 1.165) is 11.7 Å². The van der Waals surface area contributed by atoms with E-state index in [2.05, 4.69) is 108 Å². The van der Waals surface area contributed by atoms with Crippen LogP contribution in [0.1, 0.15) is 84.5 Å². The fourth-order valence-electron chi connectivity index (χ4n) is 4.74. The highest BCUT2D eigenvalue weighted by Gasteiger charge is 2.26. The maximum Gasteiger partial charge on any atom is 0.197 e. The van der Waals surface area contributed by atoms with Gasteiger partial charge in [0.25, 0.3) is 0 Å². The molecule has 3 atom stereocenters. The van der Waals surface area contributed by atoms with Gasteiger partial charge in [-0.3, -0.25) is 0 Å². The molecule has 35 heavy (non-hydrogen) atoms. The molecule has 0 aliphatic carbocycles. The van der Waals surface area contributed by atoms with Crippen LogP contribution in [0.15, 0.2) is 66.7 Å². The first kappa shape index (κ1) is 27.2. The lowest BCUT2D eigenvalue weighted by Gasteiger charge is -2.32. The van der Waals surface area contributed by atoms with E-state index in [4.69, 9.17) is 14.2 Å². The van der Waals surface area contributed by atoms with Crippen molar-refractivity contribution in [1.29, 1.82) is 0 Å². The molecule has 0 radical (unpaired) electrons. The van der Waals surface area contributed by atoms with Gasteiger partial charge in [-0.1, -0.05) is 95.6 Å². The summed E-state index contributed by atoms with van der Waals surface area (Å²) in [5.74, 6) is 2.09. The summed E-state index contributed by atoms with van der Waals surface area (Å²) in [4.78, 5) is 0. The van der Waals surface area contributed by atoms with Crippen molar-refractivity contribution in [3.63, 3.8) is 0 Å². The van der Waals surface area contributed by atoms with E-state index in [-0.39, 0.29) is 17.8 Å². The molecular weight excluding hydrogens is 432 g/mol. The molecule has 0 aliphatic heterocycles. The minimum absolute atomic E-state index is 0.0000679. The lowest BCUT2D eigenvalue weighted by molar-refractivity contribution is -0.0902. The maximum atomic E-state index is 6.07. The second kappa shape index (κ2) is 12.6. The molecule has 0 spiro atoms. The number of fused-ring (bicyclic) bond motifs is 1. The van der Waals surface area contributed by atoms with Crippen LogP contribution in [0.2, 0.25) is 0 Å². The molecule has 0 amide bonds.